The fourth-order valence-electron chi connectivity index (χ4n) is 1.18. The van der Waals surface area contributed by atoms with Gasteiger partial charge in [-0.1, -0.05) is 12.1 Å². The number of aldehydes is 1. The average molecular weight is 207 g/mol. The minimum Gasteiger partial charge on any atom is -0.296 e. The number of carbonyl (C=O) groups is 1. The lowest BCUT2D eigenvalue weighted by molar-refractivity contribution is 0.112. The highest BCUT2D eigenvalue weighted by Gasteiger charge is 2.07. The minimum atomic E-state index is -0.312. The molecule has 0 saturated carbocycles. The van der Waals surface area contributed by atoms with E-state index < -0.39 is 0 Å². The summed E-state index contributed by atoms with van der Waals surface area (Å²) in [7, 11) is 0. The van der Waals surface area contributed by atoms with E-state index in [1.807, 2.05) is 0 Å². The Balaban J connectivity index is 2.54. The van der Waals surface area contributed by atoms with Crippen LogP contribution in [0.25, 0.3) is 10.4 Å². The molecule has 0 atom stereocenters. The van der Waals surface area contributed by atoms with Gasteiger partial charge in [0.05, 0.1) is 10.4 Å². The topological polar surface area (TPSA) is 30.0 Å². The van der Waals surface area contributed by atoms with Crippen LogP contribution in [0, 0.1) is 5.82 Å². The van der Waals surface area contributed by atoms with Crippen LogP contribution < -0.4 is 0 Å². The molecule has 0 N–H and O–H groups in total. The Kier molecular flexibility index (Phi) is 2.37. The first-order chi connectivity index (χ1) is 6.81. The van der Waals surface area contributed by atoms with Crippen LogP contribution in [-0.2, 0) is 0 Å². The molecule has 2 aromatic rings. The largest absolute Gasteiger partial charge is 0.296 e. The van der Waals surface area contributed by atoms with Gasteiger partial charge >= 0.3 is 0 Å². The molecule has 0 aliphatic rings. The first-order valence-electron chi connectivity index (χ1n) is 3.96. The third-order valence-electron chi connectivity index (χ3n) is 1.79. The van der Waals surface area contributed by atoms with Crippen LogP contribution in [0.15, 0.2) is 29.8 Å². The van der Waals surface area contributed by atoms with E-state index in [-0.39, 0.29) is 5.82 Å². The molecule has 70 valence electrons. The van der Waals surface area contributed by atoms with Gasteiger partial charge in [-0.3, -0.25) is 4.79 Å². The van der Waals surface area contributed by atoms with Gasteiger partial charge in [-0.2, -0.15) is 0 Å². The molecule has 1 aromatic heterocycles. The van der Waals surface area contributed by atoms with Gasteiger partial charge in [-0.25, -0.2) is 9.37 Å². The molecule has 2 rings (SSSR count). The summed E-state index contributed by atoms with van der Waals surface area (Å²) in [5.41, 5.74) is 2.62. The number of aromatic nitrogens is 1. The average Bonchev–Trinajstić information content (AvgIpc) is 2.65. The zero-order valence-corrected chi connectivity index (χ0v) is 7.92. The molecule has 0 unspecified atom stereocenters. The van der Waals surface area contributed by atoms with Gasteiger partial charge < -0.3 is 0 Å². The maximum absolute atomic E-state index is 12.9. The van der Waals surface area contributed by atoms with E-state index >= 15 is 0 Å². The maximum atomic E-state index is 12.9. The molecule has 0 amide bonds. The Morgan fingerprint density at radius 1 is 1.43 bits per heavy atom. The van der Waals surface area contributed by atoms with Crippen molar-refractivity contribution in [3.63, 3.8) is 0 Å². The van der Waals surface area contributed by atoms with Crippen molar-refractivity contribution in [2.24, 2.45) is 0 Å². The van der Waals surface area contributed by atoms with E-state index in [0.29, 0.717) is 22.4 Å². The lowest BCUT2D eigenvalue weighted by Crippen LogP contribution is -1.84. The smallest absolute Gasteiger partial charge is 0.169 e. The van der Waals surface area contributed by atoms with Gasteiger partial charge in [-0.15, -0.1) is 11.3 Å². The van der Waals surface area contributed by atoms with Gasteiger partial charge in [-0.05, 0) is 17.7 Å². The summed E-state index contributed by atoms with van der Waals surface area (Å²) in [6, 6.07) is 6.12. The van der Waals surface area contributed by atoms with E-state index in [1.54, 1.807) is 17.6 Å². The lowest BCUT2D eigenvalue weighted by atomic mass is 10.1. The predicted molar refractivity (Wildman–Crippen MR) is 52.9 cm³/mol. The van der Waals surface area contributed by atoms with Crippen molar-refractivity contribution in [2.75, 3.05) is 0 Å². The van der Waals surface area contributed by atoms with Crippen molar-refractivity contribution in [1.29, 1.82) is 0 Å². The fourth-order valence-corrected chi connectivity index (χ4v) is 1.94. The van der Waals surface area contributed by atoms with Gasteiger partial charge in [0.2, 0.25) is 0 Å². The molecular weight excluding hydrogens is 201 g/mol. The lowest BCUT2D eigenvalue weighted by Gasteiger charge is -1.97. The van der Waals surface area contributed by atoms with Gasteiger partial charge in [0.1, 0.15) is 11.5 Å². The van der Waals surface area contributed by atoms with E-state index in [0.717, 1.165) is 0 Å². The van der Waals surface area contributed by atoms with Crippen LogP contribution in [0.4, 0.5) is 4.39 Å². The standard InChI is InChI=1S/C10H6FNOS/c11-8-3-1-2-7(4-8)10-9(5-13)12-6-14-10/h1-6H. The molecule has 0 spiro atoms. The number of rotatable bonds is 2. The van der Waals surface area contributed by atoms with Gasteiger partial charge in [0.15, 0.2) is 6.29 Å². The van der Waals surface area contributed by atoms with Crippen molar-refractivity contribution in [3.05, 3.63) is 41.3 Å². The number of halogens is 1. The van der Waals surface area contributed by atoms with E-state index in [4.69, 9.17) is 0 Å². The summed E-state index contributed by atoms with van der Waals surface area (Å²) >= 11 is 1.33. The highest BCUT2D eigenvalue weighted by Crippen LogP contribution is 2.26. The Morgan fingerprint density at radius 3 is 3.00 bits per heavy atom. The summed E-state index contributed by atoms with van der Waals surface area (Å²) in [5.74, 6) is -0.312. The SMILES string of the molecule is O=Cc1ncsc1-c1cccc(F)c1. The molecule has 0 saturated heterocycles. The summed E-state index contributed by atoms with van der Waals surface area (Å²) in [6.07, 6.45) is 0.677. The normalized spacial score (nSPS) is 10.1. The van der Waals surface area contributed by atoms with Crippen LogP contribution in [0.1, 0.15) is 10.5 Å². The molecule has 0 bridgehead atoms. The van der Waals surface area contributed by atoms with Crippen LogP contribution >= 0.6 is 11.3 Å². The molecular formula is C10H6FNOS. The Morgan fingerprint density at radius 2 is 2.29 bits per heavy atom. The number of nitrogens with zero attached hydrogens (tertiary/aromatic N) is 1. The highest BCUT2D eigenvalue weighted by atomic mass is 32.1. The van der Waals surface area contributed by atoms with Crippen LogP contribution in [0.2, 0.25) is 0 Å². The van der Waals surface area contributed by atoms with Gasteiger partial charge in [0.25, 0.3) is 0 Å². The second kappa shape index (κ2) is 3.67. The number of hydrogen-bond donors (Lipinski definition) is 0. The van der Waals surface area contributed by atoms with E-state index in [2.05, 4.69) is 4.98 Å². The summed E-state index contributed by atoms with van der Waals surface area (Å²) < 4.78 is 12.9. The molecule has 0 aliphatic carbocycles. The van der Waals surface area contributed by atoms with E-state index in [1.165, 1.54) is 23.5 Å². The van der Waals surface area contributed by atoms with Crippen molar-refractivity contribution in [3.8, 4) is 10.4 Å². The van der Waals surface area contributed by atoms with Crippen molar-refractivity contribution in [2.45, 2.75) is 0 Å². The summed E-state index contributed by atoms with van der Waals surface area (Å²) in [4.78, 5) is 15.2. The summed E-state index contributed by atoms with van der Waals surface area (Å²) in [6.45, 7) is 0. The van der Waals surface area contributed by atoms with Crippen LogP contribution in [0.5, 0.6) is 0 Å². The second-order valence-electron chi connectivity index (χ2n) is 2.69. The molecule has 1 heterocycles. The van der Waals surface area contributed by atoms with E-state index in [9.17, 15) is 9.18 Å². The zero-order valence-electron chi connectivity index (χ0n) is 7.11. The quantitative estimate of drug-likeness (QED) is 0.709. The zero-order chi connectivity index (χ0) is 9.97. The second-order valence-corrected chi connectivity index (χ2v) is 3.55. The van der Waals surface area contributed by atoms with Crippen LogP contribution in [-0.4, -0.2) is 11.3 Å². The van der Waals surface area contributed by atoms with Crippen LogP contribution in [0.3, 0.4) is 0 Å². The minimum absolute atomic E-state index is 0.312. The highest BCUT2D eigenvalue weighted by molar-refractivity contribution is 7.13. The first kappa shape index (κ1) is 9.02. The molecule has 0 radical (unpaired) electrons. The Bertz CT molecular complexity index is 467. The predicted octanol–water partition coefficient (Wildman–Crippen LogP) is 2.76. The maximum Gasteiger partial charge on any atom is 0.169 e. The summed E-state index contributed by atoms with van der Waals surface area (Å²) in [5, 5.41) is 0. The fraction of sp³-hybridized carbons (Fsp3) is 0. The Hall–Kier alpha value is -1.55. The third kappa shape index (κ3) is 1.56. The molecule has 1 aromatic carbocycles. The number of benzene rings is 1. The number of hydrogen-bond acceptors (Lipinski definition) is 3. The van der Waals surface area contributed by atoms with Crippen molar-refractivity contribution in [1.82, 2.24) is 4.98 Å². The molecule has 0 fully saturated rings. The monoisotopic (exact) mass is 207 g/mol. The number of carbonyl (C=O) groups excluding carboxylic acids is 1. The first-order valence-corrected chi connectivity index (χ1v) is 4.84. The molecule has 4 heteroatoms. The third-order valence-corrected chi connectivity index (χ3v) is 2.68. The Labute approximate surface area is 84.0 Å². The molecule has 2 nitrogen and oxygen atoms in total. The van der Waals surface area contributed by atoms with Gasteiger partial charge in [0, 0.05) is 0 Å². The van der Waals surface area contributed by atoms with Crippen molar-refractivity contribution >= 4 is 17.6 Å². The molecule has 14 heavy (non-hydrogen) atoms. The molecule has 0 aliphatic heterocycles. The number of thiazole rings is 1. The van der Waals surface area contributed by atoms with Crippen molar-refractivity contribution < 1.29 is 9.18 Å².